The molecule has 0 saturated carbocycles. The summed E-state index contributed by atoms with van der Waals surface area (Å²) in [7, 11) is 0.334. The third-order valence-corrected chi connectivity index (χ3v) is 3.70. The molecule has 0 saturated heterocycles. The number of benzene rings is 1. The molecule has 0 unspecified atom stereocenters. The first-order valence-electron chi connectivity index (χ1n) is 5.00. The minimum absolute atomic E-state index is 0.215. The van der Waals surface area contributed by atoms with Crippen LogP contribution >= 0.6 is 0 Å². The van der Waals surface area contributed by atoms with Crippen molar-refractivity contribution < 1.29 is 8.42 Å². The highest BCUT2D eigenvalue weighted by Gasteiger charge is 2.14. The Bertz CT molecular complexity index is 493. The normalized spacial score (nSPS) is 12.1. The van der Waals surface area contributed by atoms with Gasteiger partial charge < -0.3 is 4.90 Å². The van der Waals surface area contributed by atoms with Gasteiger partial charge in [-0.3, -0.25) is 0 Å². The zero-order valence-corrected chi connectivity index (χ0v) is 10.9. The van der Waals surface area contributed by atoms with Crippen LogP contribution in [0.3, 0.4) is 0 Å². The van der Waals surface area contributed by atoms with Crippen molar-refractivity contribution in [2.24, 2.45) is 5.14 Å². The van der Waals surface area contributed by atoms with Gasteiger partial charge in [-0.05, 0) is 50.7 Å². The first kappa shape index (κ1) is 13.2. The maximum atomic E-state index is 11.3. The van der Waals surface area contributed by atoms with E-state index in [9.17, 15) is 8.42 Å². The van der Waals surface area contributed by atoms with Crippen molar-refractivity contribution in [1.82, 2.24) is 4.90 Å². The van der Waals surface area contributed by atoms with Gasteiger partial charge in [0.1, 0.15) is 0 Å². The summed E-state index contributed by atoms with van der Waals surface area (Å²) in [6, 6.07) is 3.40. The Balaban J connectivity index is 3.29. The summed E-state index contributed by atoms with van der Waals surface area (Å²) in [6.45, 7) is 4.49. The fourth-order valence-corrected chi connectivity index (χ4v) is 2.51. The average molecular weight is 242 g/mol. The Morgan fingerprint density at radius 1 is 1.19 bits per heavy atom. The molecule has 0 atom stereocenters. The Kier molecular flexibility index (Phi) is 3.72. The number of hydrogen-bond acceptors (Lipinski definition) is 3. The summed E-state index contributed by atoms with van der Waals surface area (Å²) in [4.78, 5) is 2.26. The van der Waals surface area contributed by atoms with Crippen LogP contribution in [0.25, 0.3) is 0 Å². The van der Waals surface area contributed by atoms with Crippen LogP contribution in [0.15, 0.2) is 17.0 Å². The van der Waals surface area contributed by atoms with E-state index in [2.05, 4.69) is 0 Å². The predicted octanol–water partition coefficient (Wildman–Crippen LogP) is 1.01. The Morgan fingerprint density at radius 3 is 2.19 bits per heavy atom. The lowest BCUT2D eigenvalue weighted by atomic mass is 10.0. The van der Waals surface area contributed by atoms with Gasteiger partial charge in [0.15, 0.2) is 0 Å². The fraction of sp³-hybridized carbons (Fsp3) is 0.455. The summed E-state index contributed by atoms with van der Waals surface area (Å²) in [5.41, 5.74) is 2.84. The van der Waals surface area contributed by atoms with E-state index in [1.165, 1.54) is 0 Å². The van der Waals surface area contributed by atoms with Crippen LogP contribution in [0.4, 0.5) is 0 Å². The maximum absolute atomic E-state index is 11.3. The summed E-state index contributed by atoms with van der Waals surface area (Å²) < 4.78 is 22.6. The van der Waals surface area contributed by atoms with E-state index in [-0.39, 0.29) is 4.90 Å². The second kappa shape index (κ2) is 4.53. The highest BCUT2D eigenvalue weighted by Crippen LogP contribution is 2.21. The van der Waals surface area contributed by atoms with Gasteiger partial charge in [0, 0.05) is 6.54 Å². The molecule has 0 spiro atoms. The third kappa shape index (κ3) is 2.81. The fourth-order valence-electron chi connectivity index (χ4n) is 1.67. The number of hydrogen-bond donors (Lipinski definition) is 1. The van der Waals surface area contributed by atoms with Gasteiger partial charge in [-0.2, -0.15) is 0 Å². The first-order valence-corrected chi connectivity index (χ1v) is 6.54. The maximum Gasteiger partial charge on any atom is 0.238 e. The minimum atomic E-state index is -3.61. The quantitative estimate of drug-likeness (QED) is 0.860. The largest absolute Gasteiger partial charge is 0.305 e. The van der Waals surface area contributed by atoms with E-state index in [0.29, 0.717) is 0 Å². The smallest absolute Gasteiger partial charge is 0.238 e. The Morgan fingerprint density at radius 2 is 1.75 bits per heavy atom. The van der Waals surface area contributed by atoms with E-state index in [4.69, 9.17) is 5.14 Å². The number of rotatable bonds is 3. The Hall–Kier alpha value is -0.910. The Labute approximate surface area is 97.1 Å². The van der Waals surface area contributed by atoms with Crippen LogP contribution in [0.5, 0.6) is 0 Å². The number of nitrogens with two attached hydrogens (primary N) is 1. The summed E-state index contributed by atoms with van der Waals surface area (Å²) in [5, 5.41) is 5.14. The lowest BCUT2D eigenvalue weighted by Crippen LogP contribution is -2.16. The molecular formula is C11H18N2O2S. The summed E-state index contributed by atoms with van der Waals surface area (Å²) in [5.74, 6) is 0. The predicted molar refractivity (Wildman–Crippen MR) is 64.7 cm³/mol. The average Bonchev–Trinajstić information content (AvgIpc) is 2.10. The number of nitrogens with zero attached hydrogens (tertiary/aromatic N) is 1. The standard InChI is InChI=1S/C11H18N2O2S/c1-8-9(2)11(16(12,14)15)6-5-10(8)7-13(3)4/h5-6H,7H2,1-4H3,(H2,12,14,15). The molecular weight excluding hydrogens is 224 g/mol. The van der Waals surface area contributed by atoms with E-state index in [1.807, 2.05) is 32.0 Å². The molecule has 5 heteroatoms. The van der Waals surface area contributed by atoms with Crippen LogP contribution < -0.4 is 5.14 Å². The van der Waals surface area contributed by atoms with E-state index < -0.39 is 10.0 Å². The molecule has 0 bridgehead atoms. The van der Waals surface area contributed by atoms with Gasteiger partial charge in [-0.25, -0.2) is 13.6 Å². The molecule has 90 valence electrons. The van der Waals surface area contributed by atoms with Crippen LogP contribution in [-0.2, 0) is 16.6 Å². The molecule has 16 heavy (non-hydrogen) atoms. The van der Waals surface area contributed by atoms with Gasteiger partial charge in [0.2, 0.25) is 10.0 Å². The zero-order chi connectivity index (χ0) is 12.5. The monoisotopic (exact) mass is 242 g/mol. The molecule has 0 heterocycles. The molecule has 0 aliphatic heterocycles. The molecule has 0 aliphatic carbocycles. The van der Waals surface area contributed by atoms with Crippen molar-refractivity contribution in [3.8, 4) is 0 Å². The molecule has 0 fully saturated rings. The molecule has 2 N–H and O–H groups in total. The highest BCUT2D eigenvalue weighted by atomic mass is 32.2. The molecule has 1 aromatic rings. The van der Waals surface area contributed by atoms with Crippen molar-refractivity contribution >= 4 is 10.0 Å². The molecule has 1 rings (SSSR count). The molecule has 0 aliphatic rings. The van der Waals surface area contributed by atoms with Crippen molar-refractivity contribution in [3.63, 3.8) is 0 Å². The van der Waals surface area contributed by atoms with Gasteiger partial charge in [-0.15, -0.1) is 0 Å². The number of sulfonamides is 1. The van der Waals surface area contributed by atoms with Crippen molar-refractivity contribution in [2.45, 2.75) is 25.3 Å². The van der Waals surface area contributed by atoms with Crippen molar-refractivity contribution in [1.29, 1.82) is 0 Å². The summed E-state index contributed by atoms with van der Waals surface area (Å²) >= 11 is 0. The third-order valence-electron chi connectivity index (χ3n) is 2.64. The molecule has 0 amide bonds. The van der Waals surface area contributed by atoms with E-state index >= 15 is 0 Å². The topological polar surface area (TPSA) is 63.4 Å². The van der Waals surface area contributed by atoms with E-state index in [0.717, 1.165) is 23.2 Å². The lowest BCUT2D eigenvalue weighted by Gasteiger charge is -2.15. The molecule has 1 aromatic carbocycles. The van der Waals surface area contributed by atoms with Crippen LogP contribution in [0.1, 0.15) is 16.7 Å². The molecule has 4 nitrogen and oxygen atoms in total. The molecule has 0 radical (unpaired) electrons. The lowest BCUT2D eigenvalue weighted by molar-refractivity contribution is 0.401. The van der Waals surface area contributed by atoms with Gasteiger partial charge in [0.25, 0.3) is 0 Å². The van der Waals surface area contributed by atoms with Gasteiger partial charge in [0.05, 0.1) is 4.90 Å². The second-order valence-electron chi connectivity index (χ2n) is 4.26. The minimum Gasteiger partial charge on any atom is -0.305 e. The highest BCUT2D eigenvalue weighted by molar-refractivity contribution is 7.89. The molecule has 0 aromatic heterocycles. The SMILES string of the molecule is Cc1c(CN(C)C)ccc(S(N)(=O)=O)c1C. The van der Waals surface area contributed by atoms with E-state index in [1.54, 1.807) is 13.0 Å². The van der Waals surface area contributed by atoms with Gasteiger partial charge in [-0.1, -0.05) is 6.07 Å². The van der Waals surface area contributed by atoms with Crippen LogP contribution in [0.2, 0.25) is 0 Å². The van der Waals surface area contributed by atoms with Crippen LogP contribution in [0, 0.1) is 13.8 Å². The zero-order valence-electron chi connectivity index (χ0n) is 10.1. The van der Waals surface area contributed by atoms with Gasteiger partial charge >= 0.3 is 0 Å². The first-order chi connectivity index (χ1) is 7.23. The second-order valence-corrected chi connectivity index (χ2v) is 5.79. The van der Waals surface area contributed by atoms with Crippen molar-refractivity contribution in [2.75, 3.05) is 14.1 Å². The van der Waals surface area contributed by atoms with Crippen LogP contribution in [-0.4, -0.2) is 27.4 Å². The number of primary sulfonamides is 1. The van der Waals surface area contributed by atoms with Crippen molar-refractivity contribution in [3.05, 3.63) is 28.8 Å². The summed E-state index contributed by atoms with van der Waals surface area (Å²) in [6.07, 6.45) is 0.